The molecule has 5 heteroatoms. The Kier molecular flexibility index (Phi) is 2.77. The summed E-state index contributed by atoms with van der Waals surface area (Å²) < 4.78 is 149. The Bertz CT molecular complexity index is 3530. The molecule has 10 rings (SSSR count). The molecule has 210 valence electrons. The van der Waals surface area contributed by atoms with Crippen LogP contribution in [0.4, 0.5) is 0 Å². The zero-order chi connectivity index (χ0) is 43.4. The second-order valence-corrected chi connectivity index (χ2v) is 10.2. The minimum absolute atomic E-state index is 0.0140. The summed E-state index contributed by atoms with van der Waals surface area (Å²) in [6.45, 7) is 0. The first-order valence-corrected chi connectivity index (χ1v) is 13.8. The van der Waals surface area contributed by atoms with Crippen LogP contribution in [0.5, 0.6) is 0 Å². The molecule has 4 heterocycles. The van der Waals surface area contributed by atoms with Gasteiger partial charge in [-0.25, -0.2) is 9.97 Å². The van der Waals surface area contributed by atoms with Crippen LogP contribution >= 0.6 is 0 Å². The minimum Gasteiger partial charge on any atom is -0.452 e. The molecular formula is C40H24N4O. The molecule has 10 aromatic rings. The van der Waals surface area contributed by atoms with Crippen molar-refractivity contribution < 1.29 is 26.3 Å². The Morgan fingerprint density at radius 2 is 1.02 bits per heavy atom. The lowest BCUT2D eigenvalue weighted by Crippen LogP contribution is -2.04. The Balaban J connectivity index is 1.43. The number of nitrogens with zero attached hydrogens (tertiary/aromatic N) is 4. The van der Waals surface area contributed by atoms with E-state index in [0.717, 1.165) is 0 Å². The molecule has 0 atom stereocenters. The van der Waals surface area contributed by atoms with E-state index in [1.165, 1.54) is 9.13 Å². The molecule has 0 aliphatic heterocycles. The van der Waals surface area contributed by atoms with Crippen molar-refractivity contribution in [1.82, 2.24) is 19.1 Å². The van der Waals surface area contributed by atoms with Crippen LogP contribution < -0.4 is 0 Å². The van der Waals surface area contributed by atoms with Crippen LogP contribution in [0.25, 0.3) is 88.6 Å². The first kappa shape index (κ1) is 13.6. The van der Waals surface area contributed by atoms with Crippen LogP contribution in [0, 0.1) is 0 Å². The summed E-state index contributed by atoms with van der Waals surface area (Å²) >= 11 is 0. The van der Waals surface area contributed by atoms with E-state index in [4.69, 9.17) is 36.3 Å². The maximum absolute atomic E-state index is 9.10. The molecule has 45 heavy (non-hydrogen) atoms. The second-order valence-electron chi connectivity index (χ2n) is 10.2. The number of para-hydroxylation sites is 6. The molecule has 0 aliphatic carbocycles. The van der Waals surface area contributed by atoms with Gasteiger partial charge in [0.15, 0.2) is 5.58 Å². The van der Waals surface area contributed by atoms with Gasteiger partial charge in [0.05, 0.1) is 49.7 Å². The fourth-order valence-corrected chi connectivity index (χ4v) is 6.01. The van der Waals surface area contributed by atoms with Crippen molar-refractivity contribution in [3.63, 3.8) is 0 Å². The van der Waals surface area contributed by atoms with Crippen molar-refractivity contribution in [2.24, 2.45) is 0 Å². The lowest BCUT2D eigenvalue weighted by Gasteiger charge is -2.15. The second kappa shape index (κ2) is 9.15. The highest BCUT2D eigenvalue weighted by Crippen LogP contribution is 2.40. The van der Waals surface area contributed by atoms with Crippen molar-refractivity contribution in [2.45, 2.75) is 0 Å². The minimum atomic E-state index is -0.641. The van der Waals surface area contributed by atoms with Gasteiger partial charge in [-0.1, -0.05) is 103 Å². The summed E-state index contributed by atoms with van der Waals surface area (Å²) in [6, 6.07) is 3.99. The molecule has 0 fully saturated rings. The normalized spacial score (nSPS) is 17.0. The van der Waals surface area contributed by atoms with E-state index in [-0.39, 0.29) is 77.6 Å². The van der Waals surface area contributed by atoms with Crippen LogP contribution in [-0.2, 0) is 0 Å². The van der Waals surface area contributed by atoms with Crippen LogP contribution in [-0.4, -0.2) is 19.1 Å². The lowest BCUT2D eigenvalue weighted by atomic mass is 10.1. The molecule has 0 spiro atoms. The highest BCUT2D eigenvalue weighted by Gasteiger charge is 2.23. The molecule has 0 radical (unpaired) electrons. The standard InChI is InChI=1S/C40H24N4O/c1-7-19-31-25(13-1)26-14-2-8-20-32(26)43(31)35-23-11-5-17-29(35)37-39-38(30-18-6-12-24-36(30)45-39)42-40(41-37)44-33-21-9-3-15-27(33)28-16-4-10-22-34(28)44/h1-24H/i1D,2D,3D,4D,7D,8D,9D,10D,13D,14D,15D,16D,19D,20D,21D,22D. The van der Waals surface area contributed by atoms with Gasteiger partial charge < -0.3 is 8.98 Å². The number of aromatic nitrogens is 4. The van der Waals surface area contributed by atoms with Gasteiger partial charge in [-0.2, -0.15) is 0 Å². The average molecular weight is 593 g/mol. The van der Waals surface area contributed by atoms with E-state index < -0.39 is 96.7 Å². The van der Waals surface area contributed by atoms with Gasteiger partial charge in [0.25, 0.3) is 0 Å². The molecule has 0 aliphatic rings. The third kappa shape index (κ3) is 3.38. The summed E-state index contributed by atoms with van der Waals surface area (Å²) in [5, 5.41) is -0.194. The smallest absolute Gasteiger partial charge is 0.236 e. The van der Waals surface area contributed by atoms with Crippen LogP contribution in [0.1, 0.15) is 21.9 Å². The highest BCUT2D eigenvalue weighted by atomic mass is 16.3. The van der Waals surface area contributed by atoms with Gasteiger partial charge in [0, 0.05) is 32.5 Å². The number of hydrogen-bond donors (Lipinski definition) is 0. The summed E-state index contributed by atoms with van der Waals surface area (Å²) in [6.07, 6.45) is 0. The van der Waals surface area contributed by atoms with E-state index in [1.54, 1.807) is 48.5 Å². The van der Waals surface area contributed by atoms with Gasteiger partial charge in [-0.3, -0.25) is 4.57 Å². The molecule has 0 unspecified atom stereocenters. The predicted molar refractivity (Wildman–Crippen MR) is 183 cm³/mol. The maximum atomic E-state index is 9.10. The summed E-state index contributed by atoms with van der Waals surface area (Å²) in [5.41, 5.74) is 0.222. The van der Waals surface area contributed by atoms with E-state index in [9.17, 15) is 0 Å². The quantitative estimate of drug-likeness (QED) is 0.205. The Labute approximate surface area is 279 Å². The van der Waals surface area contributed by atoms with E-state index in [1.807, 2.05) is 0 Å². The van der Waals surface area contributed by atoms with E-state index >= 15 is 0 Å². The largest absolute Gasteiger partial charge is 0.452 e. The Morgan fingerprint density at radius 1 is 0.511 bits per heavy atom. The van der Waals surface area contributed by atoms with Gasteiger partial charge in [-0.15, -0.1) is 0 Å². The molecule has 0 N–H and O–H groups in total. The SMILES string of the molecule is [2H]c1c([2H])c([2H])c2c(c1[2H])c1c([2H])c([2H])c([2H])c([2H])c1n2-c1nc(-c2ccccc2-n2c3c([2H])c([2H])c([2H])c([2H])c3c3c([2H])c([2H])c([2H])c([2H])c32)c2oc3ccccc3c2n1. The zero-order valence-corrected chi connectivity index (χ0v) is 22.8. The molecule has 6 aromatic carbocycles. The van der Waals surface area contributed by atoms with E-state index in [2.05, 4.69) is 0 Å². The molecular weight excluding hydrogens is 552 g/mol. The first-order valence-electron chi connectivity index (χ1n) is 21.8. The van der Waals surface area contributed by atoms with Crippen molar-refractivity contribution in [1.29, 1.82) is 0 Å². The molecule has 0 bridgehead atoms. The van der Waals surface area contributed by atoms with Crippen LogP contribution in [0.2, 0.25) is 0 Å². The number of fused-ring (bicyclic) bond motifs is 9. The number of furan rings is 1. The van der Waals surface area contributed by atoms with Gasteiger partial charge in [-0.05, 0) is 42.4 Å². The summed E-state index contributed by atoms with van der Waals surface area (Å²) in [5.74, 6) is -0.287. The monoisotopic (exact) mass is 592 g/mol. The highest BCUT2D eigenvalue weighted by molar-refractivity contribution is 6.12. The van der Waals surface area contributed by atoms with Crippen LogP contribution in [0.3, 0.4) is 0 Å². The topological polar surface area (TPSA) is 48.8 Å². The van der Waals surface area contributed by atoms with Crippen molar-refractivity contribution >= 4 is 65.7 Å². The molecule has 4 aromatic heterocycles. The summed E-state index contributed by atoms with van der Waals surface area (Å²) in [7, 11) is 0. The third-order valence-electron chi connectivity index (χ3n) is 7.87. The molecule has 0 saturated heterocycles. The third-order valence-corrected chi connectivity index (χ3v) is 7.87. The maximum Gasteiger partial charge on any atom is 0.236 e. The van der Waals surface area contributed by atoms with Crippen molar-refractivity contribution in [3.8, 4) is 22.9 Å². The molecule has 0 saturated carbocycles. The average Bonchev–Trinajstić information content (AvgIpc) is 3.94. The fraction of sp³-hybridized carbons (Fsp3) is 0. The van der Waals surface area contributed by atoms with Gasteiger partial charge in [0.2, 0.25) is 5.95 Å². The fourth-order valence-electron chi connectivity index (χ4n) is 6.01. The molecule has 0 amide bonds. The van der Waals surface area contributed by atoms with Gasteiger partial charge in [0.1, 0.15) is 16.8 Å². The van der Waals surface area contributed by atoms with Crippen LogP contribution in [0.15, 0.2) is 150 Å². The van der Waals surface area contributed by atoms with E-state index in [0.29, 0.717) is 11.0 Å². The first-order chi connectivity index (χ1) is 29.0. The van der Waals surface area contributed by atoms with Gasteiger partial charge >= 0.3 is 0 Å². The van der Waals surface area contributed by atoms with Crippen molar-refractivity contribution in [3.05, 3.63) is 145 Å². The number of hydrogen-bond acceptors (Lipinski definition) is 3. The molecule has 5 nitrogen and oxygen atoms in total. The lowest BCUT2D eigenvalue weighted by molar-refractivity contribution is 0.666. The zero-order valence-electron chi connectivity index (χ0n) is 38.8. The van der Waals surface area contributed by atoms with Crippen molar-refractivity contribution in [2.75, 3.05) is 0 Å². The predicted octanol–water partition coefficient (Wildman–Crippen LogP) is 10.2. The Morgan fingerprint density at radius 3 is 1.64 bits per heavy atom. The number of benzene rings is 6. The number of rotatable bonds is 3. The summed E-state index contributed by atoms with van der Waals surface area (Å²) in [4.78, 5) is 9.84. The Hall–Kier alpha value is -6.20.